The maximum absolute atomic E-state index is 13.5. The van der Waals surface area contributed by atoms with Crippen molar-refractivity contribution >= 4 is 11.6 Å². The average molecular weight is 274 g/mol. The summed E-state index contributed by atoms with van der Waals surface area (Å²) in [5.74, 6) is -2.43. The average Bonchev–Trinajstić information content (AvgIpc) is 2.37. The predicted octanol–water partition coefficient (Wildman–Crippen LogP) is 0.940. The van der Waals surface area contributed by atoms with E-state index < -0.39 is 28.8 Å². The zero-order chi connectivity index (χ0) is 14.3. The first-order valence-electron chi connectivity index (χ1n) is 5.65. The summed E-state index contributed by atoms with van der Waals surface area (Å²) in [5.41, 5.74) is 4.41. The van der Waals surface area contributed by atoms with Crippen molar-refractivity contribution in [2.75, 3.05) is 39.2 Å². The van der Waals surface area contributed by atoms with Crippen LogP contribution in [0.3, 0.4) is 0 Å². The molecule has 19 heavy (non-hydrogen) atoms. The molecule has 0 unspecified atom stereocenters. The molecule has 1 aromatic carbocycles. The third-order valence-electron chi connectivity index (χ3n) is 2.27. The maximum atomic E-state index is 13.5. The molecule has 0 radical (unpaired) electrons. The third kappa shape index (κ3) is 4.80. The van der Waals surface area contributed by atoms with Gasteiger partial charge >= 0.3 is 0 Å². The highest BCUT2D eigenvalue weighted by atomic mass is 19.1. The van der Waals surface area contributed by atoms with Gasteiger partial charge in [0.1, 0.15) is 5.82 Å². The van der Waals surface area contributed by atoms with E-state index >= 15 is 0 Å². The number of nitrogen functional groups attached to an aromatic ring is 1. The topological polar surface area (TPSA) is 73.6 Å². The molecule has 0 saturated heterocycles. The second kappa shape index (κ2) is 7.65. The minimum Gasteiger partial charge on any atom is -0.396 e. The Hall–Kier alpha value is -1.73. The largest absolute Gasteiger partial charge is 0.396 e. The Morgan fingerprint density at radius 3 is 2.74 bits per heavy atom. The van der Waals surface area contributed by atoms with Gasteiger partial charge in [0.2, 0.25) is 0 Å². The molecule has 0 atom stereocenters. The van der Waals surface area contributed by atoms with Gasteiger partial charge in [-0.1, -0.05) is 0 Å². The van der Waals surface area contributed by atoms with Gasteiger partial charge in [-0.3, -0.25) is 4.79 Å². The number of hydrogen-bond acceptors (Lipinski definition) is 4. The lowest BCUT2D eigenvalue weighted by atomic mass is 10.1. The molecule has 0 heterocycles. The molecule has 0 aromatic heterocycles. The number of anilines is 1. The van der Waals surface area contributed by atoms with Gasteiger partial charge in [-0.25, -0.2) is 8.78 Å². The van der Waals surface area contributed by atoms with Crippen LogP contribution in [-0.2, 0) is 9.47 Å². The Morgan fingerprint density at radius 1 is 1.32 bits per heavy atom. The zero-order valence-electron chi connectivity index (χ0n) is 10.5. The molecule has 5 nitrogen and oxygen atoms in total. The molecule has 0 fully saturated rings. The van der Waals surface area contributed by atoms with Crippen LogP contribution in [0.1, 0.15) is 10.4 Å². The van der Waals surface area contributed by atoms with E-state index in [1.165, 1.54) is 0 Å². The van der Waals surface area contributed by atoms with Crippen LogP contribution in [0.5, 0.6) is 0 Å². The number of benzene rings is 1. The van der Waals surface area contributed by atoms with E-state index in [2.05, 4.69) is 5.32 Å². The van der Waals surface area contributed by atoms with Crippen molar-refractivity contribution < 1.29 is 23.0 Å². The van der Waals surface area contributed by atoms with Crippen molar-refractivity contribution in [1.82, 2.24) is 5.32 Å². The number of hydrogen-bond donors (Lipinski definition) is 2. The van der Waals surface area contributed by atoms with Crippen molar-refractivity contribution in [1.29, 1.82) is 0 Å². The van der Waals surface area contributed by atoms with Crippen LogP contribution in [-0.4, -0.2) is 39.4 Å². The summed E-state index contributed by atoms with van der Waals surface area (Å²) in [4.78, 5) is 11.6. The van der Waals surface area contributed by atoms with Gasteiger partial charge < -0.3 is 20.5 Å². The number of nitrogens with one attached hydrogen (secondary N) is 1. The second-order valence-electron chi connectivity index (χ2n) is 3.72. The van der Waals surface area contributed by atoms with E-state index in [4.69, 9.17) is 15.2 Å². The van der Waals surface area contributed by atoms with Crippen LogP contribution in [0.2, 0.25) is 0 Å². The molecule has 0 saturated carbocycles. The molecule has 0 aliphatic rings. The van der Waals surface area contributed by atoms with Crippen LogP contribution in [0.15, 0.2) is 12.1 Å². The number of ether oxygens (including phenoxy) is 2. The Morgan fingerprint density at radius 2 is 2.05 bits per heavy atom. The highest BCUT2D eigenvalue weighted by molar-refractivity contribution is 5.95. The van der Waals surface area contributed by atoms with Gasteiger partial charge in [0.15, 0.2) is 5.82 Å². The summed E-state index contributed by atoms with van der Waals surface area (Å²) in [6.07, 6.45) is 0. The van der Waals surface area contributed by atoms with Gasteiger partial charge in [0, 0.05) is 13.7 Å². The molecule has 1 rings (SSSR count). The van der Waals surface area contributed by atoms with Gasteiger partial charge in [0.25, 0.3) is 5.91 Å². The molecule has 7 heteroatoms. The normalized spacial score (nSPS) is 10.5. The number of carbonyl (C=O) groups is 1. The molecule has 0 aliphatic heterocycles. The van der Waals surface area contributed by atoms with Gasteiger partial charge in [-0.15, -0.1) is 0 Å². The first-order chi connectivity index (χ1) is 9.06. The minimum absolute atomic E-state index is 0.179. The fraction of sp³-hybridized carbons (Fsp3) is 0.417. The summed E-state index contributed by atoms with van der Waals surface area (Å²) in [6.45, 7) is 1.27. The number of carbonyl (C=O) groups excluding carboxylic acids is 1. The summed E-state index contributed by atoms with van der Waals surface area (Å²) >= 11 is 0. The molecule has 0 bridgehead atoms. The van der Waals surface area contributed by atoms with E-state index in [-0.39, 0.29) is 13.2 Å². The van der Waals surface area contributed by atoms with E-state index in [0.717, 1.165) is 12.1 Å². The second-order valence-corrected chi connectivity index (χ2v) is 3.72. The number of nitrogens with two attached hydrogens (primary N) is 1. The highest BCUT2D eigenvalue weighted by Gasteiger charge is 2.15. The van der Waals surface area contributed by atoms with Gasteiger partial charge in [-0.2, -0.15) is 0 Å². The molecule has 106 valence electrons. The minimum atomic E-state index is -0.931. The van der Waals surface area contributed by atoms with E-state index in [1.807, 2.05) is 0 Å². The first-order valence-corrected chi connectivity index (χ1v) is 5.65. The van der Waals surface area contributed by atoms with Crippen LogP contribution in [0, 0.1) is 11.6 Å². The van der Waals surface area contributed by atoms with Crippen molar-refractivity contribution in [3.8, 4) is 0 Å². The smallest absolute Gasteiger partial charge is 0.254 e. The Bertz CT molecular complexity index is 441. The van der Waals surface area contributed by atoms with Crippen molar-refractivity contribution in [2.24, 2.45) is 0 Å². The monoisotopic (exact) mass is 274 g/mol. The maximum Gasteiger partial charge on any atom is 0.254 e. The molecule has 1 aromatic rings. The Balaban J connectivity index is 2.46. The fourth-order valence-electron chi connectivity index (χ4n) is 1.35. The Kier molecular flexibility index (Phi) is 6.17. The van der Waals surface area contributed by atoms with Crippen LogP contribution >= 0.6 is 0 Å². The molecule has 1 amide bonds. The number of amides is 1. The fourth-order valence-corrected chi connectivity index (χ4v) is 1.35. The summed E-state index contributed by atoms with van der Waals surface area (Å²) in [5, 5.41) is 2.40. The lowest BCUT2D eigenvalue weighted by Crippen LogP contribution is -2.28. The van der Waals surface area contributed by atoms with Crippen LogP contribution in [0.25, 0.3) is 0 Å². The van der Waals surface area contributed by atoms with Crippen LogP contribution in [0.4, 0.5) is 14.5 Å². The highest BCUT2D eigenvalue weighted by Crippen LogP contribution is 2.17. The third-order valence-corrected chi connectivity index (χ3v) is 2.27. The quantitative estimate of drug-likeness (QED) is 0.573. The molecular formula is C12H16F2N2O3. The summed E-state index contributed by atoms with van der Waals surface area (Å²) < 4.78 is 36.4. The summed E-state index contributed by atoms with van der Waals surface area (Å²) in [6, 6.07) is 1.62. The van der Waals surface area contributed by atoms with Gasteiger partial charge in [0.05, 0.1) is 31.1 Å². The first kappa shape index (κ1) is 15.3. The van der Waals surface area contributed by atoms with E-state index in [9.17, 15) is 13.6 Å². The molecular weight excluding hydrogens is 258 g/mol. The molecule has 0 spiro atoms. The number of methoxy groups -OCH3 is 1. The van der Waals surface area contributed by atoms with E-state index in [1.54, 1.807) is 7.11 Å². The van der Waals surface area contributed by atoms with Crippen molar-refractivity contribution in [3.63, 3.8) is 0 Å². The predicted molar refractivity (Wildman–Crippen MR) is 65.8 cm³/mol. The standard InChI is InChI=1S/C12H16F2N2O3/c1-18-4-5-19-3-2-16-12(17)9-6-8(13)7-10(15)11(9)14/h6-7H,2-5,15H2,1H3,(H,16,17). The Labute approximate surface area is 109 Å². The SMILES string of the molecule is COCCOCCNC(=O)c1cc(F)cc(N)c1F. The zero-order valence-corrected chi connectivity index (χ0v) is 10.5. The number of rotatable bonds is 7. The van der Waals surface area contributed by atoms with E-state index in [0.29, 0.717) is 13.2 Å². The number of halogens is 2. The summed E-state index contributed by atoms with van der Waals surface area (Å²) in [7, 11) is 1.54. The molecule has 3 N–H and O–H groups in total. The van der Waals surface area contributed by atoms with Gasteiger partial charge in [-0.05, 0) is 12.1 Å². The van der Waals surface area contributed by atoms with Crippen molar-refractivity contribution in [2.45, 2.75) is 0 Å². The van der Waals surface area contributed by atoms with Crippen LogP contribution < -0.4 is 11.1 Å². The van der Waals surface area contributed by atoms with Crippen molar-refractivity contribution in [3.05, 3.63) is 29.3 Å². The lowest BCUT2D eigenvalue weighted by molar-refractivity contribution is 0.0692. The lowest BCUT2D eigenvalue weighted by Gasteiger charge is -2.08. The molecule has 0 aliphatic carbocycles.